The van der Waals surface area contributed by atoms with Gasteiger partial charge in [-0.05, 0) is 18.9 Å². The van der Waals surface area contributed by atoms with Crippen LogP contribution in [0.5, 0.6) is 0 Å². The second kappa shape index (κ2) is 7.39. The van der Waals surface area contributed by atoms with Crippen molar-refractivity contribution in [3.63, 3.8) is 0 Å². The minimum atomic E-state index is 0.150. The molecule has 1 rings (SSSR count). The second-order valence-corrected chi connectivity index (χ2v) is 3.73. The highest BCUT2D eigenvalue weighted by Crippen LogP contribution is 2.08. The zero-order chi connectivity index (χ0) is 12.5. The van der Waals surface area contributed by atoms with Crippen molar-refractivity contribution in [3.05, 3.63) is 66.3 Å². The molecule has 17 heavy (non-hydrogen) atoms. The third-order valence-corrected chi connectivity index (χ3v) is 2.45. The van der Waals surface area contributed by atoms with Crippen molar-refractivity contribution in [1.29, 1.82) is 0 Å². The van der Waals surface area contributed by atoms with Crippen molar-refractivity contribution in [1.82, 2.24) is 0 Å². The third kappa shape index (κ3) is 4.64. The molecule has 0 aliphatic carbocycles. The van der Waals surface area contributed by atoms with Crippen molar-refractivity contribution in [2.75, 3.05) is 0 Å². The van der Waals surface area contributed by atoms with Gasteiger partial charge in [-0.1, -0.05) is 61.2 Å². The normalized spacial score (nSPS) is 11.1. The fourth-order valence-electron chi connectivity index (χ4n) is 1.42. The molecular weight excluding hydrogens is 208 g/mol. The molecule has 0 bridgehead atoms. The number of rotatable bonds is 6. The van der Waals surface area contributed by atoms with Gasteiger partial charge in [-0.15, -0.1) is 0 Å². The first-order valence-electron chi connectivity index (χ1n) is 5.79. The summed E-state index contributed by atoms with van der Waals surface area (Å²) in [6.07, 6.45) is 11.1. The summed E-state index contributed by atoms with van der Waals surface area (Å²) in [5, 5.41) is 0. The largest absolute Gasteiger partial charge is 0.294 e. The Morgan fingerprint density at radius 1 is 1.18 bits per heavy atom. The van der Waals surface area contributed by atoms with Gasteiger partial charge in [0.1, 0.15) is 0 Å². The maximum Gasteiger partial charge on any atom is 0.166 e. The van der Waals surface area contributed by atoms with Crippen molar-refractivity contribution < 1.29 is 4.79 Å². The van der Waals surface area contributed by atoms with E-state index in [1.54, 1.807) is 6.08 Å². The van der Waals surface area contributed by atoms with Gasteiger partial charge in [-0.25, -0.2) is 0 Å². The summed E-state index contributed by atoms with van der Waals surface area (Å²) in [6.45, 7) is 5.67. The van der Waals surface area contributed by atoms with Crippen LogP contribution in [0.2, 0.25) is 0 Å². The van der Waals surface area contributed by atoms with E-state index >= 15 is 0 Å². The second-order valence-electron chi connectivity index (χ2n) is 3.73. The van der Waals surface area contributed by atoms with Crippen LogP contribution in [-0.4, -0.2) is 5.78 Å². The number of carbonyl (C=O) groups excluding carboxylic acids is 1. The average Bonchev–Trinajstić information content (AvgIpc) is 2.38. The first-order valence-corrected chi connectivity index (χ1v) is 5.79. The van der Waals surface area contributed by atoms with Crippen molar-refractivity contribution >= 4 is 11.9 Å². The van der Waals surface area contributed by atoms with Gasteiger partial charge < -0.3 is 0 Å². The van der Waals surface area contributed by atoms with Gasteiger partial charge in [0.15, 0.2) is 5.78 Å². The predicted octanol–water partition coefficient (Wildman–Crippen LogP) is 4.42. The van der Waals surface area contributed by atoms with E-state index in [9.17, 15) is 4.79 Å². The molecule has 1 heteroatoms. The number of hydrogen-bond acceptors (Lipinski definition) is 1. The molecule has 0 radical (unpaired) electrons. The van der Waals surface area contributed by atoms with Crippen LogP contribution in [-0.2, 0) is 0 Å². The van der Waals surface area contributed by atoms with Crippen LogP contribution in [0.15, 0.2) is 55.1 Å². The van der Waals surface area contributed by atoms with Crippen molar-refractivity contribution in [3.8, 4) is 0 Å². The molecule has 0 fully saturated rings. The lowest BCUT2D eigenvalue weighted by Crippen LogP contribution is -1.96. The van der Waals surface area contributed by atoms with E-state index in [2.05, 4.69) is 12.7 Å². The Bertz CT molecular complexity index is 421. The number of ketones is 1. The van der Waals surface area contributed by atoms with Crippen LogP contribution >= 0.6 is 0 Å². The molecule has 0 aliphatic rings. The van der Waals surface area contributed by atoms with Gasteiger partial charge in [-0.2, -0.15) is 0 Å². The summed E-state index contributed by atoms with van der Waals surface area (Å²) in [7, 11) is 0. The third-order valence-electron chi connectivity index (χ3n) is 2.45. The molecule has 88 valence electrons. The van der Waals surface area contributed by atoms with E-state index in [-0.39, 0.29) is 5.78 Å². The summed E-state index contributed by atoms with van der Waals surface area (Å²) in [6, 6.07) is 7.51. The zero-order valence-corrected chi connectivity index (χ0v) is 10.2. The summed E-state index contributed by atoms with van der Waals surface area (Å²) in [5.74, 6) is 0.150. The van der Waals surface area contributed by atoms with E-state index in [0.29, 0.717) is 6.42 Å². The Balaban J connectivity index is 2.51. The van der Waals surface area contributed by atoms with E-state index in [1.165, 1.54) is 0 Å². The zero-order valence-electron chi connectivity index (χ0n) is 10.2. The summed E-state index contributed by atoms with van der Waals surface area (Å²) >= 11 is 0. The molecule has 0 N–H and O–H groups in total. The highest BCUT2D eigenvalue weighted by molar-refractivity contribution is 5.97. The molecule has 0 saturated carbocycles. The van der Waals surface area contributed by atoms with Gasteiger partial charge in [-0.3, -0.25) is 4.79 Å². The maximum atomic E-state index is 11.8. The lowest BCUT2D eigenvalue weighted by Gasteiger charge is -1.98. The Hall–Kier alpha value is -1.89. The van der Waals surface area contributed by atoms with E-state index < -0.39 is 0 Å². The smallest absolute Gasteiger partial charge is 0.166 e. The van der Waals surface area contributed by atoms with Crippen LogP contribution in [0, 0.1) is 0 Å². The number of hydrogen-bond donors (Lipinski definition) is 0. The molecule has 0 spiro atoms. The van der Waals surface area contributed by atoms with Crippen LogP contribution in [0.3, 0.4) is 0 Å². The quantitative estimate of drug-likeness (QED) is 0.518. The Kier molecular flexibility index (Phi) is 5.73. The van der Waals surface area contributed by atoms with Gasteiger partial charge >= 0.3 is 0 Å². The minimum absolute atomic E-state index is 0.150. The van der Waals surface area contributed by atoms with Gasteiger partial charge in [0.2, 0.25) is 0 Å². The summed E-state index contributed by atoms with van der Waals surface area (Å²) < 4.78 is 0. The first-order chi connectivity index (χ1) is 8.27. The first kappa shape index (κ1) is 13.2. The fourth-order valence-corrected chi connectivity index (χ4v) is 1.42. The summed E-state index contributed by atoms with van der Waals surface area (Å²) in [5.41, 5.74) is 1.79. The molecule has 1 nitrogen and oxygen atoms in total. The highest BCUT2D eigenvalue weighted by Gasteiger charge is 2.02. The lowest BCUT2D eigenvalue weighted by molar-refractivity contribution is 0.0996. The maximum absolute atomic E-state index is 11.8. The molecule has 0 aliphatic heterocycles. The van der Waals surface area contributed by atoms with Crippen LogP contribution in [0.25, 0.3) is 6.08 Å². The molecule has 0 atom stereocenters. The minimum Gasteiger partial charge on any atom is -0.294 e. The van der Waals surface area contributed by atoms with Crippen LogP contribution in [0.1, 0.15) is 35.7 Å². The number of benzene rings is 1. The molecule has 0 saturated heterocycles. The van der Waals surface area contributed by atoms with Crippen LogP contribution in [0.4, 0.5) is 0 Å². The molecule has 0 unspecified atom stereocenters. The SMILES string of the molecule is C=Cc1ccc(C(=O)CC=CCC=CC)cc1. The predicted molar refractivity (Wildman–Crippen MR) is 74.1 cm³/mol. The number of allylic oxidation sites excluding steroid dienone is 4. The Morgan fingerprint density at radius 2 is 1.88 bits per heavy atom. The molecule has 1 aromatic carbocycles. The van der Waals surface area contributed by atoms with E-state index in [4.69, 9.17) is 0 Å². The Morgan fingerprint density at radius 3 is 2.47 bits per heavy atom. The molecular formula is C16H18O. The van der Waals surface area contributed by atoms with Crippen LogP contribution < -0.4 is 0 Å². The fraction of sp³-hybridized carbons (Fsp3) is 0.188. The van der Waals surface area contributed by atoms with Gasteiger partial charge in [0.25, 0.3) is 0 Å². The average molecular weight is 226 g/mol. The molecule has 0 aromatic heterocycles. The lowest BCUT2D eigenvalue weighted by atomic mass is 10.1. The molecule has 0 heterocycles. The topological polar surface area (TPSA) is 17.1 Å². The van der Waals surface area contributed by atoms with Crippen molar-refractivity contribution in [2.45, 2.75) is 19.8 Å². The van der Waals surface area contributed by atoms with Gasteiger partial charge in [0.05, 0.1) is 0 Å². The van der Waals surface area contributed by atoms with E-state index in [1.807, 2.05) is 49.4 Å². The monoisotopic (exact) mass is 226 g/mol. The van der Waals surface area contributed by atoms with Crippen molar-refractivity contribution in [2.24, 2.45) is 0 Å². The molecule has 1 aromatic rings. The summed E-state index contributed by atoms with van der Waals surface area (Å²) in [4.78, 5) is 11.8. The number of Topliss-reactive ketones (excluding diaryl/α,β-unsaturated/α-hetero) is 1. The highest BCUT2D eigenvalue weighted by atomic mass is 16.1. The Labute approximate surface area is 103 Å². The molecule has 0 amide bonds. The van der Waals surface area contributed by atoms with Gasteiger partial charge in [0, 0.05) is 12.0 Å². The standard InChI is InChI=1S/C16H18O/c1-3-5-6-7-8-9-16(17)15-12-10-14(4-2)11-13-15/h3-5,7-8,10-13H,2,6,9H2,1H3. The van der Waals surface area contributed by atoms with E-state index in [0.717, 1.165) is 17.5 Å². The number of carbonyl (C=O) groups is 1.